The predicted octanol–water partition coefficient (Wildman–Crippen LogP) is 4.45. The maximum Gasteiger partial charge on any atom is 0.0583 e. The van der Waals surface area contributed by atoms with Crippen LogP contribution in [0.15, 0.2) is 58.7 Å². The first-order valence-electron chi connectivity index (χ1n) is 5.33. The van der Waals surface area contributed by atoms with Crippen molar-refractivity contribution in [1.82, 2.24) is 0 Å². The SMILES string of the molecule is Clc1ccccc1/C=N\N=C\c1ccccc1Cl. The molecule has 0 heterocycles. The molecule has 0 saturated carbocycles. The summed E-state index contributed by atoms with van der Waals surface area (Å²) in [6.45, 7) is 0. The molecular formula is C14H10Cl2N2. The summed E-state index contributed by atoms with van der Waals surface area (Å²) in [4.78, 5) is 0. The molecule has 0 fully saturated rings. The van der Waals surface area contributed by atoms with Gasteiger partial charge in [0.25, 0.3) is 0 Å². The van der Waals surface area contributed by atoms with E-state index in [1.807, 2.05) is 36.4 Å². The second kappa shape index (κ2) is 6.34. The van der Waals surface area contributed by atoms with E-state index in [0.717, 1.165) is 11.1 Å². The van der Waals surface area contributed by atoms with Crippen LogP contribution in [0.2, 0.25) is 10.0 Å². The molecule has 0 aliphatic heterocycles. The Morgan fingerprint density at radius 1 is 0.667 bits per heavy atom. The molecule has 90 valence electrons. The highest BCUT2D eigenvalue weighted by molar-refractivity contribution is 6.33. The maximum absolute atomic E-state index is 5.98. The quantitative estimate of drug-likeness (QED) is 0.585. The molecule has 0 aliphatic rings. The molecule has 2 aromatic rings. The lowest BCUT2D eigenvalue weighted by atomic mass is 10.2. The summed E-state index contributed by atoms with van der Waals surface area (Å²) in [5.41, 5.74) is 1.66. The number of rotatable bonds is 3. The molecule has 0 spiro atoms. The minimum absolute atomic E-state index is 0.647. The van der Waals surface area contributed by atoms with Crippen molar-refractivity contribution < 1.29 is 0 Å². The van der Waals surface area contributed by atoms with Gasteiger partial charge in [0.05, 0.1) is 12.4 Å². The second-order valence-electron chi connectivity index (χ2n) is 3.53. The lowest BCUT2D eigenvalue weighted by Crippen LogP contribution is -1.83. The van der Waals surface area contributed by atoms with E-state index in [4.69, 9.17) is 23.2 Å². The van der Waals surface area contributed by atoms with Crippen molar-refractivity contribution in [2.24, 2.45) is 10.2 Å². The molecule has 0 bridgehead atoms. The van der Waals surface area contributed by atoms with E-state index in [1.54, 1.807) is 24.6 Å². The van der Waals surface area contributed by atoms with Crippen LogP contribution in [-0.2, 0) is 0 Å². The Morgan fingerprint density at radius 2 is 1.06 bits per heavy atom. The fourth-order valence-corrected chi connectivity index (χ4v) is 1.72. The Labute approximate surface area is 116 Å². The van der Waals surface area contributed by atoms with Gasteiger partial charge in [-0.15, -0.1) is 0 Å². The number of hydrogen-bond acceptors (Lipinski definition) is 2. The summed E-state index contributed by atoms with van der Waals surface area (Å²) in [6.07, 6.45) is 3.21. The third kappa shape index (κ3) is 3.42. The zero-order chi connectivity index (χ0) is 12.8. The first-order chi connectivity index (χ1) is 8.77. The van der Waals surface area contributed by atoms with Crippen LogP contribution in [-0.4, -0.2) is 12.4 Å². The van der Waals surface area contributed by atoms with E-state index in [1.165, 1.54) is 0 Å². The normalized spacial score (nSPS) is 11.4. The summed E-state index contributed by atoms with van der Waals surface area (Å²) in [5.74, 6) is 0. The van der Waals surface area contributed by atoms with Gasteiger partial charge in [-0.05, 0) is 12.1 Å². The van der Waals surface area contributed by atoms with Crippen molar-refractivity contribution in [3.63, 3.8) is 0 Å². The van der Waals surface area contributed by atoms with Gasteiger partial charge in [-0.1, -0.05) is 59.6 Å². The molecule has 18 heavy (non-hydrogen) atoms. The standard InChI is InChI=1S/C14H10Cl2N2/c15-13-7-3-1-5-11(13)9-17-18-10-12-6-2-4-8-14(12)16/h1-10H/b17-9-,18-10+. The Morgan fingerprint density at radius 3 is 1.44 bits per heavy atom. The molecule has 0 unspecified atom stereocenters. The number of nitrogens with zero attached hydrogens (tertiary/aromatic N) is 2. The van der Waals surface area contributed by atoms with Gasteiger partial charge in [0.2, 0.25) is 0 Å². The van der Waals surface area contributed by atoms with Crippen molar-refractivity contribution >= 4 is 35.6 Å². The van der Waals surface area contributed by atoms with Gasteiger partial charge in [-0.2, -0.15) is 10.2 Å². The first-order valence-corrected chi connectivity index (χ1v) is 6.08. The average Bonchev–Trinajstić information content (AvgIpc) is 2.38. The Balaban J connectivity index is 2.08. The fraction of sp³-hybridized carbons (Fsp3) is 0. The number of hydrogen-bond donors (Lipinski definition) is 0. The molecule has 0 radical (unpaired) electrons. The molecule has 2 nitrogen and oxygen atoms in total. The van der Waals surface area contributed by atoms with Crippen molar-refractivity contribution in [1.29, 1.82) is 0 Å². The van der Waals surface area contributed by atoms with Crippen LogP contribution in [0.3, 0.4) is 0 Å². The topological polar surface area (TPSA) is 24.7 Å². The smallest absolute Gasteiger partial charge is 0.0583 e. The number of benzene rings is 2. The lowest BCUT2D eigenvalue weighted by Gasteiger charge is -1.95. The average molecular weight is 277 g/mol. The van der Waals surface area contributed by atoms with Crippen LogP contribution >= 0.6 is 23.2 Å². The highest BCUT2D eigenvalue weighted by atomic mass is 35.5. The van der Waals surface area contributed by atoms with Crippen LogP contribution in [0, 0.1) is 0 Å². The van der Waals surface area contributed by atoms with Gasteiger partial charge >= 0.3 is 0 Å². The molecule has 0 aromatic heterocycles. The zero-order valence-electron chi connectivity index (χ0n) is 9.42. The summed E-state index contributed by atoms with van der Waals surface area (Å²) in [5, 5.41) is 9.18. The van der Waals surface area contributed by atoms with Gasteiger partial charge in [0.1, 0.15) is 0 Å². The van der Waals surface area contributed by atoms with Gasteiger partial charge in [0.15, 0.2) is 0 Å². The summed E-state index contributed by atoms with van der Waals surface area (Å²) in [6, 6.07) is 14.9. The predicted molar refractivity (Wildman–Crippen MR) is 78.1 cm³/mol. The van der Waals surface area contributed by atoms with Crippen molar-refractivity contribution in [3.05, 3.63) is 69.7 Å². The van der Waals surface area contributed by atoms with E-state index in [0.29, 0.717) is 10.0 Å². The van der Waals surface area contributed by atoms with Crippen molar-refractivity contribution in [2.75, 3.05) is 0 Å². The van der Waals surface area contributed by atoms with Gasteiger partial charge in [-0.25, -0.2) is 0 Å². The second-order valence-corrected chi connectivity index (χ2v) is 4.35. The summed E-state index contributed by atoms with van der Waals surface area (Å²) < 4.78 is 0. The van der Waals surface area contributed by atoms with E-state index < -0.39 is 0 Å². The monoisotopic (exact) mass is 276 g/mol. The Kier molecular flexibility index (Phi) is 4.51. The minimum Gasteiger partial charge on any atom is -0.158 e. The van der Waals surface area contributed by atoms with Crippen LogP contribution in [0.1, 0.15) is 11.1 Å². The summed E-state index contributed by atoms with van der Waals surface area (Å²) >= 11 is 12.0. The van der Waals surface area contributed by atoms with E-state index in [9.17, 15) is 0 Å². The molecule has 2 rings (SSSR count). The van der Waals surface area contributed by atoms with Gasteiger partial charge in [-0.3, -0.25) is 0 Å². The molecule has 0 amide bonds. The lowest BCUT2D eigenvalue weighted by molar-refractivity contribution is 1.26. The molecule has 0 N–H and O–H groups in total. The molecule has 0 atom stereocenters. The van der Waals surface area contributed by atoms with Crippen LogP contribution < -0.4 is 0 Å². The van der Waals surface area contributed by atoms with Gasteiger partial charge < -0.3 is 0 Å². The van der Waals surface area contributed by atoms with Crippen LogP contribution in [0.25, 0.3) is 0 Å². The molecule has 0 saturated heterocycles. The van der Waals surface area contributed by atoms with Crippen molar-refractivity contribution in [2.45, 2.75) is 0 Å². The van der Waals surface area contributed by atoms with Crippen molar-refractivity contribution in [3.8, 4) is 0 Å². The summed E-state index contributed by atoms with van der Waals surface area (Å²) in [7, 11) is 0. The Bertz CT molecular complexity index is 538. The highest BCUT2D eigenvalue weighted by Gasteiger charge is 1.94. The zero-order valence-corrected chi connectivity index (χ0v) is 10.9. The molecule has 2 aromatic carbocycles. The molecule has 0 aliphatic carbocycles. The molecule has 4 heteroatoms. The first kappa shape index (κ1) is 12.8. The maximum atomic E-state index is 5.98. The Hall–Kier alpha value is -1.64. The van der Waals surface area contributed by atoms with Gasteiger partial charge in [0, 0.05) is 21.2 Å². The van der Waals surface area contributed by atoms with Crippen LogP contribution in [0.5, 0.6) is 0 Å². The fourth-order valence-electron chi connectivity index (χ4n) is 1.35. The largest absolute Gasteiger partial charge is 0.158 e. The molecular weight excluding hydrogens is 267 g/mol. The minimum atomic E-state index is 0.647. The van der Waals surface area contributed by atoms with E-state index in [-0.39, 0.29) is 0 Å². The van der Waals surface area contributed by atoms with E-state index >= 15 is 0 Å². The van der Waals surface area contributed by atoms with Crippen LogP contribution in [0.4, 0.5) is 0 Å². The number of halogens is 2. The highest BCUT2D eigenvalue weighted by Crippen LogP contribution is 2.13. The van der Waals surface area contributed by atoms with E-state index in [2.05, 4.69) is 10.2 Å². The third-order valence-electron chi connectivity index (χ3n) is 2.27. The third-order valence-corrected chi connectivity index (χ3v) is 2.96.